The zero-order chi connectivity index (χ0) is 9.68. The SMILES string of the molecule is CC(C)CCOc1ccc(Cl)cn1. The molecule has 13 heavy (non-hydrogen) atoms. The van der Waals surface area contributed by atoms with E-state index in [4.69, 9.17) is 16.3 Å². The summed E-state index contributed by atoms with van der Waals surface area (Å²) < 4.78 is 5.40. The van der Waals surface area contributed by atoms with Gasteiger partial charge in [0.1, 0.15) is 0 Å². The van der Waals surface area contributed by atoms with E-state index in [9.17, 15) is 0 Å². The lowest BCUT2D eigenvalue weighted by Crippen LogP contribution is -2.02. The third-order valence-electron chi connectivity index (χ3n) is 1.65. The molecule has 1 aromatic heterocycles. The number of ether oxygens (including phenoxy) is 1. The average molecular weight is 200 g/mol. The van der Waals surface area contributed by atoms with Crippen LogP contribution in [0.3, 0.4) is 0 Å². The van der Waals surface area contributed by atoms with Gasteiger partial charge < -0.3 is 4.74 Å². The highest BCUT2D eigenvalue weighted by atomic mass is 35.5. The Hall–Kier alpha value is -0.760. The second-order valence-corrected chi connectivity index (χ2v) is 3.78. The number of hydrogen-bond donors (Lipinski definition) is 0. The summed E-state index contributed by atoms with van der Waals surface area (Å²) >= 11 is 5.68. The molecule has 0 atom stereocenters. The molecular formula is C10H14ClNO. The number of pyridine rings is 1. The highest BCUT2D eigenvalue weighted by Crippen LogP contribution is 2.12. The monoisotopic (exact) mass is 199 g/mol. The predicted octanol–water partition coefficient (Wildman–Crippen LogP) is 3.16. The molecule has 0 unspecified atom stereocenters. The maximum absolute atomic E-state index is 5.68. The molecule has 0 spiro atoms. The summed E-state index contributed by atoms with van der Waals surface area (Å²) in [5, 5.41) is 0.635. The van der Waals surface area contributed by atoms with Crippen LogP contribution in [0.4, 0.5) is 0 Å². The van der Waals surface area contributed by atoms with E-state index in [0.717, 1.165) is 6.42 Å². The maximum Gasteiger partial charge on any atom is 0.213 e. The molecule has 0 amide bonds. The number of nitrogens with zero attached hydrogens (tertiary/aromatic N) is 1. The van der Waals surface area contributed by atoms with E-state index >= 15 is 0 Å². The van der Waals surface area contributed by atoms with Crippen molar-refractivity contribution in [2.75, 3.05) is 6.61 Å². The summed E-state index contributed by atoms with van der Waals surface area (Å²) in [4.78, 5) is 4.02. The fraction of sp³-hybridized carbons (Fsp3) is 0.500. The Labute approximate surface area is 83.9 Å². The van der Waals surface area contributed by atoms with Gasteiger partial charge >= 0.3 is 0 Å². The average Bonchev–Trinajstić information content (AvgIpc) is 2.08. The van der Waals surface area contributed by atoms with Gasteiger partial charge in [0, 0.05) is 12.3 Å². The first-order valence-corrected chi connectivity index (χ1v) is 4.80. The van der Waals surface area contributed by atoms with Crippen LogP contribution in [0.1, 0.15) is 20.3 Å². The number of aromatic nitrogens is 1. The third-order valence-corrected chi connectivity index (χ3v) is 1.87. The molecule has 0 aliphatic carbocycles. The number of hydrogen-bond acceptors (Lipinski definition) is 2. The fourth-order valence-electron chi connectivity index (χ4n) is 0.847. The minimum atomic E-state index is 0.635. The van der Waals surface area contributed by atoms with Crippen LogP contribution >= 0.6 is 11.6 Å². The molecule has 0 aliphatic rings. The Morgan fingerprint density at radius 3 is 2.77 bits per heavy atom. The minimum Gasteiger partial charge on any atom is -0.478 e. The van der Waals surface area contributed by atoms with E-state index in [-0.39, 0.29) is 0 Å². The van der Waals surface area contributed by atoms with Crippen LogP contribution < -0.4 is 4.74 Å². The number of halogens is 1. The zero-order valence-electron chi connectivity index (χ0n) is 7.96. The Bertz CT molecular complexity index is 246. The third kappa shape index (κ3) is 4.13. The van der Waals surface area contributed by atoms with Gasteiger partial charge in [-0.05, 0) is 18.4 Å². The van der Waals surface area contributed by atoms with Gasteiger partial charge in [0.05, 0.1) is 11.6 Å². The largest absolute Gasteiger partial charge is 0.478 e. The quantitative estimate of drug-likeness (QED) is 0.743. The summed E-state index contributed by atoms with van der Waals surface area (Å²) in [6, 6.07) is 3.56. The van der Waals surface area contributed by atoms with E-state index < -0.39 is 0 Å². The van der Waals surface area contributed by atoms with Gasteiger partial charge in [-0.1, -0.05) is 25.4 Å². The first-order chi connectivity index (χ1) is 6.18. The first-order valence-electron chi connectivity index (χ1n) is 4.43. The smallest absolute Gasteiger partial charge is 0.213 e. The topological polar surface area (TPSA) is 22.1 Å². The van der Waals surface area contributed by atoms with Crippen LogP contribution in [0.5, 0.6) is 5.88 Å². The Morgan fingerprint density at radius 1 is 1.46 bits per heavy atom. The molecule has 0 bridgehead atoms. The number of rotatable bonds is 4. The van der Waals surface area contributed by atoms with Crippen LogP contribution in [0.2, 0.25) is 5.02 Å². The normalized spacial score (nSPS) is 10.5. The maximum atomic E-state index is 5.68. The molecule has 0 saturated carbocycles. The van der Waals surface area contributed by atoms with Crippen LogP contribution in [-0.4, -0.2) is 11.6 Å². The molecular weight excluding hydrogens is 186 g/mol. The van der Waals surface area contributed by atoms with Gasteiger partial charge in [-0.3, -0.25) is 0 Å². The van der Waals surface area contributed by atoms with Crippen LogP contribution in [-0.2, 0) is 0 Å². The van der Waals surface area contributed by atoms with Crippen molar-refractivity contribution in [3.05, 3.63) is 23.4 Å². The van der Waals surface area contributed by atoms with Gasteiger partial charge in [0.25, 0.3) is 0 Å². The Balaban J connectivity index is 2.33. The molecule has 3 heteroatoms. The molecule has 0 saturated heterocycles. The Kier molecular flexibility index (Phi) is 4.03. The van der Waals surface area contributed by atoms with Crippen molar-refractivity contribution in [1.82, 2.24) is 4.98 Å². The second-order valence-electron chi connectivity index (χ2n) is 3.35. The summed E-state index contributed by atoms with van der Waals surface area (Å²) in [7, 11) is 0. The van der Waals surface area contributed by atoms with E-state index in [1.165, 1.54) is 0 Å². The molecule has 0 aliphatic heterocycles. The van der Waals surface area contributed by atoms with Crippen molar-refractivity contribution in [1.29, 1.82) is 0 Å². The molecule has 0 radical (unpaired) electrons. The molecule has 0 N–H and O–H groups in total. The molecule has 1 aromatic rings. The second kappa shape index (κ2) is 5.07. The van der Waals surface area contributed by atoms with Crippen LogP contribution in [0.15, 0.2) is 18.3 Å². The Morgan fingerprint density at radius 2 is 2.23 bits per heavy atom. The van der Waals surface area contributed by atoms with Crippen molar-refractivity contribution >= 4 is 11.6 Å². The van der Waals surface area contributed by atoms with Crippen LogP contribution in [0.25, 0.3) is 0 Å². The van der Waals surface area contributed by atoms with Gasteiger partial charge in [-0.25, -0.2) is 4.98 Å². The van der Waals surface area contributed by atoms with Gasteiger partial charge in [0.15, 0.2) is 0 Å². The highest BCUT2D eigenvalue weighted by Gasteiger charge is 1.97. The van der Waals surface area contributed by atoms with E-state index in [1.54, 1.807) is 18.3 Å². The summed E-state index contributed by atoms with van der Waals surface area (Å²) in [5.41, 5.74) is 0. The van der Waals surface area contributed by atoms with E-state index in [1.807, 2.05) is 0 Å². The molecule has 2 nitrogen and oxygen atoms in total. The van der Waals surface area contributed by atoms with Gasteiger partial charge in [0.2, 0.25) is 5.88 Å². The van der Waals surface area contributed by atoms with Gasteiger partial charge in [-0.2, -0.15) is 0 Å². The van der Waals surface area contributed by atoms with E-state index in [0.29, 0.717) is 23.4 Å². The predicted molar refractivity (Wildman–Crippen MR) is 54.2 cm³/mol. The first kappa shape index (κ1) is 10.3. The lowest BCUT2D eigenvalue weighted by atomic mass is 10.1. The molecule has 72 valence electrons. The van der Waals surface area contributed by atoms with E-state index in [2.05, 4.69) is 18.8 Å². The molecule has 1 rings (SSSR count). The molecule has 0 aromatic carbocycles. The van der Waals surface area contributed by atoms with Crippen molar-refractivity contribution in [2.24, 2.45) is 5.92 Å². The fourth-order valence-corrected chi connectivity index (χ4v) is 0.959. The summed E-state index contributed by atoms with van der Waals surface area (Å²) in [6.45, 7) is 5.05. The van der Waals surface area contributed by atoms with Crippen molar-refractivity contribution < 1.29 is 4.74 Å². The molecule has 1 heterocycles. The minimum absolute atomic E-state index is 0.635. The van der Waals surface area contributed by atoms with Crippen molar-refractivity contribution in [3.63, 3.8) is 0 Å². The summed E-state index contributed by atoms with van der Waals surface area (Å²) in [6.07, 6.45) is 2.64. The van der Waals surface area contributed by atoms with Crippen LogP contribution in [0, 0.1) is 5.92 Å². The lowest BCUT2D eigenvalue weighted by Gasteiger charge is -2.06. The van der Waals surface area contributed by atoms with Crippen molar-refractivity contribution in [3.8, 4) is 5.88 Å². The van der Waals surface area contributed by atoms with Crippen molar-refractivity contribution in [2.45, 2.75) is 20.3 Å². The standard InChI is InChI=1S/C10H14ClNO/c1-8(2)5-6-13-10-4-3-9(11)7-12-10/h3-4,7-8H,5-6H2,1-2H3. The highest BCUT2D eigenvalue weighted by molar-refractivity contribution is 6.30. The zero-order valence-corrected chi connectivity index (χ0v) is 8.71. The lowest BCUT2D eigenvalue weighted by molar-refractivity contribution is 0.279. The summed E-state index contributed by atoms with van der Waals surface area (Å²) in [5.74, 6) is 1.30. The van der Waals surface area contributed by atoms with Gasteiger partial charge in [-0.15, -0.1) is 0 Å². The molecule has 0 fully saturated rings.